The fourth-order valence-electron chi connectivity index (χ4n) is 0.463. The molecule has 0 aliphatic heterocycles. The van der Waals surface area contributed by atoms with Crippen LogP contribution < -0.4 is 0 Å². The zero-order valence-electron chi connectivity index (χ0n) is 4.30. The molecule has 0 amide bonds. The van der Waals surface area contributed by atoms with Crippen molar-refractivity contribution in [2.24, 2.45) is 0 Å². The Balaban J connectivity index is 2.50. The van der Waals surface area contributed by atoms with Gasteiger partial charge in [0.05, 0.1) is 5.69 Å². The van der Waals surface area contributed by atoms with Gasteiger partial charge in [0.1, 0.15) is 6.26 Å². The summed E-state index contributed by atoms with van der Waals surface area (Å²) in [6.45, 7) is 0. The van der Waals surface area contributed by atoms with Gasteiger partial charge in [0, 0.05) is 16.9 Å². The summed E-state index contributed by atoms with van der Waals surface area (Å²) in [7, 11) is 0. The van der Waals surface area contributed by atoms with E-state index >= 15 is 0 Å². The smallest absolute Gasteiger partial charge is 0.124 e. The number of hydrogen-bond donors (Lipinski definition) is 0. The van der Waals surface area contributed by atoms with E-state index in [0.717, 1.165) is 16.5 Å². The molecular weight excluding hydrogens is 217 g/mol. The zero-order chi connectivity index (χ0) is 5.82. The fraction of sp³-hybridized carbons (Fsp3) is 0.400. The number of hydrogen-bond acceptors (Lipinski definition) is 2. The van der Waals surface area contributed by atoms with Crippen molar-refractivity contribution >= 4 is 22.6 Å². The molecule has 44 valence electrons. The van der Waals surface area contributed by atoms with E-state index < -0.39 is 0 Å². The van der Waals surface area contributed by atoms with Gasteiger partial charge in [-0.25, -0.2) is 0 Å². The first-order valence-corrected chi connectivity index (χ1v) is 3.91. The van der Waals surface area contributed by atoms with Crippen molar-refractivity contribution in [3.8, 4) is 0 Å². The monoisotopic (exact) mass is 223 g/mol. The van der Waals surface area contributed by atoms with Crippen LogP contribution in [-0.2, 0) is 6.42 Å². The number of aryl methyl sites for hydroxylation is 1. The molecule has 0 unspecified atom stereocenters. The first kappa shape index (κ1) is 6.07. The molecule has 2 nitrogen and oxygen atoms in total. The van der Waals surface area contributed by atoms with Gasteiger partial charge < -0.3 is 4.52 Å². The Kier molecular flexibility index (Phi) is 2.32. The molecule has 0 aromatic carbocycles. The van der Waals surface area contributed by atoms with Crippen LogP contribution >= 0.6 is 22.6 Å². The van der Waals surface area contributed by atoms with Gasteiger partial charge in [0.2, 0.25) is 0 Å². The molecule has 0 saturated heterocycles. The quantitative estimate of drug-likeness (QED) is 0.562. The van der Waals surface area contributed by atoms with Crippen LogP contribution in [0.2, 0.25) is 0 Å². The third-order valence-electron chi connectivity index (χ3n) is 0.842. The predicted molar refractivity (Wildman–Crippen MR) is 39.1 cm³/mol. The molecule has 0 aliphatic rings. The molecular formula is C5H6INO. The molecule has 0 saturated carbocycles. The molecule has 0 aliphatic carbocycles. The summed E-state index contributed by atoms with van der Waals surface area (Å²) in [6, 6.07) is 1.89. The van der Waals surface area contributed by atoms with Gasteiger partial charge in [-0.05, 0) is 0 Å². The van der Waals surface area contributed by atoms with Gasteiger partial charge in [-0.2, -0.15) is 0 Å². The molecule has 1 rings (SSSR count). The first-order chi connectivity index (χ1) is 3.93. The van der Waals surface area contributed by atoms with Gasteiger partial charge in [-0.1, -0.05) is 27.7 Å². The highest BCUT2D eigenvalue weighted by Gasteiger charge is 1.90. The molecule has 3 heteroatoms. The number of nitrogens with zero attached hydrogens (tertiary/aromatic N) is 1. The summed E-state index contributed by atoms with van der Waals surface area (Å²) in [6.07, 6.45) is 2.61. The predicted octanol–water partition coefficient (Wildman–Crippen LogP) is 1.65. The van der Waals surface area contributed by atoms with E-state index in [0.29, 0.717) is 0 Å². The number of halogens is 1. The highest BCUT2D eigenvalue weighted by Crippen LogP contribution is 1.97. The van der Waals surface area contributed by atoms with Crippen LogP contribution in [0.25, 0.3) is 0 Å². The summed E-state index contributed by atoms with van der Waals surface area (Å²) in [5.74, 6) is 0. The molecule has 1 aromatic heterocycles. The second-order valence-corrected chi connectivity index (χ2v) is 2.51. The van der Waals surface area contributed by atoms with E-state index in [-0.39, 0.29) is 0 Å². The van der Waals surface area contributed by atoms with E-state index in [4.69, 9.17) is 0 Å². The highest BCUT2D eigenvalue weighted by molar-refractivity contribution is 14.1. The fourth-order valence-corrected chi connectivity index (χ4v) is 1.02. The molecule has 0 fully saturated rings. The lowest BCUT2D eigenvalue weighted by Gasteiger charge is -1.81. The van der Waals surface area contributed by atoms with Crippen molar-refractivity contribution in [3.05, 3.63) is 18.0 Å². The Bertz CT molecular complexity index is 138. The summed E-state index contributed by atoms with van der Waals surface area (Å²) >= 11 is 2.31. The zero-order valence-corrected chi connectivity index (χ0v) is 6.46. The lowest BCUT2D eigenvalue weighted by molar-refractivity contribution is 0.412. The molecule has 0 bridgehead atoms. The minimum Gasteiger partial charge on any atom is -0.365 e. The molecule has 0 N–H and O–H groups in total. The standard InChI is InChI=1S/C5H6INO/c6-3-1-5-2-4-8-7-5/h2,4H,1,3H2. The van der Waals surface area contributed by atoms with Crippen LogP contribution in [-0.4, -0.2) is 9.58 Å². The lowest BCUT2D eigenvalue weighted by Crippen LogP contribution is -1.82. The van der Waals surface area contributed by atoms with Crippen LogP contribution in [0.5, 0.6) is 0 Å². The number of aromatic nitrogens is 1. The van der Waals surface area contributed by atoms with E-state index in [9.17, 15) is 0 Å². The first-order valence-electron chi connectivity index (χ1n) is 2.38. The van der Waals surface area contributed by atoms with Crippen molar-refractivity contribution in [2.45, 2.75) is 6.42 Å². The van der Waals surface area contributed by atoms with E-state index in [1.807, 2.05) is 6.07 Å². The largest absolute Gasteiger partial charge is 0.365 e. The Morgan fingerprint density at radius 2 is 2.62 bits per heavy atom. The topological polar surface area (TPSA) is 26.0 Å². The molecule has 1 aromatic rings. The normalized spacial score (nSPS) is 9.62. The van der Waals surface area contributed by atoms with Gasteiger partial charge in [0.15, 0.2) is 0 Å². The second-order valence-electron chi connectivity index (χ2n) is 1.43. The molecule has 0 radical (unpaired) electrons. The average Bonchev–Trinajstić information content (AvgIpc) is 2.19. The SMILES string of the molecule is ICCc1ccon1. The third kappa shape index (κ3) is 1.47. The van der Waals surface area contributed by atoms with E-state index in [1.165, 1.54) is 0 Å². The van der Waals surface area contributed by atoms with Crippen LogP contribution in [0.15, 0.2) is 16.9 Å². The van der Waals surface area contributed by atoms with Gasteiger partial charge in [-0.15, -0.1) is 0 Å². The van der Waals surface area contributed by atoms with E-state index in [1.54, 1.807) is 6.26 Å². The second kappa shape index (κ2) is 3.06. The Labute approximate surface area is 61.4 Å². The van der Waals surface area contributed by atoms with Crippen molar-refractivity contribution in [3.63, 3.8) is 0 Å². The average molecular weight is 223 g/mol. The van der Waals surface area contributed by atoms with Gasteiger partial charge in [-0.3, -0.25) is 0 Å². The summed E-state index contributed by atoms with van der Waals surface area (Å²) in [4.78, 5) is 0. The molecule has 8 heavy (non-hydrogen) atoms. The van der Waals surface area contributed by atoms with Crippen molar-refractivity contribution in [1.29, 1.82) is 0 Å². The number of alkyl halides is 1. The van der Waals surface area contributed by atoms with Crippen LogP contribution in [0.1, 0.15) is 5.69 Å². The minimum atomic E-state index is 1.01. The molecule has 0 spiro atoms. The summed E-state index contributed by atoms with van der Waals surface area (Å²) in [5.41, 5.74) is 1.04. The van der Waals surface area contributed by atoms with Crippen molar-refractivity contribution in [1.82, 2.24) is 5.16 Å². The van der Waals surface area contributed by atoms with Gasteiger partial charge >= 0.3 is 0 Å². The third-order valence-corrected chi connectivity index (χ3v) is 1.38. The Hall–Kier alpha value is -0.0600. The Morgan fingerprint density at radius 3 is 3.12 bits per heavy atom. The Morgan fingerprint density at radius 1 is 1.75 bits per heavy atom. The van der Waals surface area contributed by atoms with Crippen molar-refractivity contribution in [2.75, 3.05) is 4.43 Å². The molecule has 0 atom stereocenters. The maximum Gasteiger partial charge on any atom is 0.124 e. The summed E-state index contributed by atoms with van der Waals surface area (Å²) in [5, 5.41) is 3.73. The maximum atomic E-state index is 4.61. The minimum absolute atomic E-state index is 1.01. The van der Waals surface area contributed by atoms with Gasteiger partial charge in [0.25, 0.3) is 0 Å². The highest BCUT2D eigenvalue weighted by atomic mass is 127. The van der Waals surface area contributed by atoms with Crippen LogP contribution in [0.4, 0.5) is 0 Å². The lowest BCUT2D eigenvalue weighted by atomic mass is 10.4. The molecule has 1 heterocycles. The van der Waals surface area contributed by atoms with Crippen molar-refractivity contribution < 1.29 is 4.52 Å². The van der Waals surface area contributed by atoms with E-state index in [2.05, 4.69) is 32.3 Å². The van der Waals surface area contributed by atoms with Crippen LogP contribution in [0.3, 0.4) is 0 Å². The summed E-state index contributed by atoms with van der Waals surface area (Å²) < 4.78 is 5.72. The maximum absolute atomic E-state index is 4.61. The van der Waals surface area contributed by atoms with Crippen LogP contribution in [0, 0.1) is 0 Å². The number of rotatable bonds is 2.